The predicted octanol–water partition coefficient (Wildman–Crippen LogP) is 1.75. The lowest BCUT2D eigenvalue weighted by Gasteiger charge is -2.17. The molecule has 1 aliphatic rings. The molecule has 0 radical (unpaired) electrons. The fourth-order valence-corrected chi connectivity index (χ4v) is 1.86. The lowest BCUT2D eigenvalue weighted by Crippen LogP contribution is -2.42. The molecule has 106 valence electrons. The molecule has 1 heterocycles. The Morgan fingerprint density at radius 1 is 1.45 bits per heavy atom. The minimum atomic E-state index is -0.872. The number of urea groups is 1. The van der Waals surface area contributed by atoms with Crippen molar-refractivity contribution in [3.05, 3.63) is 29.8 Å². The van der Waals surface area contributed by atoms with Gasteiger partial charge < -0.3 is 10.1 Å². The van der Waals surface area contributed by atoms with Gasteiger partial charge in [-0.05, 0) is 31.0 Å². The summed E-state index contributed by atoms with van der Waals surface area (Å²) >= 11 is 0. The number of rotatable bonds is 4. The first-order valence-electron chi connectivity index (χ1n) is 6.35. The Morgan fingerprint density at radius 3 is 2.80 bits per heavy atom. The quantitative estimate of drug-likeness (QED) is 0.672. The summed E-state index contributed by atoms with van der Waals surface area (Å²) in [5.41, 5.74) is -0.127. The summed E-state index contributed by atoms with van der Waals surface area (Å²) in [6, 6.07) is 6.69. The fourth-order valence-electron chi connectivity index (χ4n) is 1.86. The van der Waals surface area contributed by atoms with E-state index in [1.165, 1.54) is 6.21 Å². The van der Waals surface area contributed by atoms with Crippen LogP contribution in [-0.4, -0.2) is 35.8 Å². The van der Waals surface area contributed by atoms with Crippen LogP contribution < -0.4 is 10.1 Å². The monoisotopic (exact) mass is 275 g/mol. The topological polar surface area (TPSA) is 71.0 Å². The van der Waals surface area contributed by atoms with E-state index in [0.29, 0.717) is 12.2 Å². The molecule has 1 fully saturated rings. The van der Waals surface area contributed by atoms with Gasteiger partial charge in [-0.25, -0.2) is 4.79 Å². The number of benzene rings is 1. The molecule has 20 heavy (non-hydrogen) atoms. The van der Waals surface area contributed by atoms with Crippen LogP contribution in [0.4, 0.5) is 4.79 Å². The minimum absolute atomic E-state index is 0.343. The summed E-state index contributed by atoms with van der Waals surface area (Å²) in [4.78, 5) is 23.9. The largest absolute Gasteiger partial charge is 0.497 e. The lowest BCUT2D eigenvalue weighted by atomic mass is 10.00. The van der Waals surface area contributed by atoms with E-state index in [2.05, 4.69) is 10.4 Å². The van der Waals surface area contributed by atoms with Crippen molar-refractivity contribution < 1.29 is 14.3 Å². The van der Waals surface area contributed by atoms with Crippen molar-refractivity contribution in [3.63, 3.8) is 0 Å². The number of methoxy groups -OCH3 is 1. The third kappa shape index (κ3) is 2.49. The highest BCUT2D eigenvalue weighted by molar-refractivity contribution is 6.07. The number of hydrogen-bond donors (Lipinski definition) is 1. The SMILES string of the molecule is CCC1(C)NC(=O)N(N=Cc2cccc(OC)c2)C1=O. The van der Waals surface area contributed by atoms with E-state index in [9.17, 15) is 9.59 Å². The zero-order chi connectivity index (χ0) is 14.8. The Balaban J connectivity index is 2.19. The molecule has 0 bridgehead atoms. The summed E-state index contributed by atoms with van der Waals surface area (Å²) in [6.07, 6.45) is 1.98. The molecule has 1 aliphatic heterocycles. The van der Waals surface area contributed by atoms with E-state index in [-0.39, 0.29) is 5.91 Å². The van der Waals surface area contributed by atoms with E-state index < -0.39 is 11.6 Å². The Morgan fingerprint density at radius 2 is 2.20 bits per heavy atom. The van der Waals surface area contributed by atoms with Crippen LogP contribution in [0.25, 0.3) is 0 Å². The van der Waals surface area contributed by atoms with Gasteiger partial charge in [-0.15, -0.1) is 5.01 Å². The van der Waals surface area contributed by atoms with Gasteiger partial charge in [-0.1, -0.05) is 19.1 Å². The molecular formula is C14H17N3O3. The van der Waals surface area contributed by atoms with Crippen molar-refractivity contribution in [3.8, 4) is 5.75 Å². The molecule has 1 unspecified atom stereocenters. The highest BCUT2D eigenvalue weighted by Crippen LogP contribution is 2.21. The molecular weight excluding hydrogens is 258 g/mol. The Bertz CT molecular complexity index is 571. The standard InChI is InChI=1S/C14H17N3O3/c1-4-14(2)12(18)17(13(19)16-14)15-9-10-6-5-7-11(8-10)20-3/h5-9H,4H2,1-3H3,(H,16,19). The zero-order valence-corrected chi connectivity index (χ0v) is 11.7. The van der Waals surface area contributed by atoms with Crippen LogP contribution in [0.15, 0.2) is 29.4 Å². The van der Waals surface area contributed by atoms with Crippen molar-refractivity contribution in [2.45, 2.75) is 25.8 Å². The summed E-state index contributed by atoms with van der Waals surface area (Å²) in [5.74, 6) is 0.341. The number of ether oxygens (including phenoxy) is 1. The van der Waals surface area contributed by atoms with Gasteiger partial charge in [0.25, 0.3) is 5.91 Å². The molecule has 1 aromatic carbocycles. The molecule has 1 aromatic rings. The second kappa shape index (κ2) is 5.32. The Kier molecular flexibility index (Phi) is 3.74. The first-order chi connectivity index (χ1) is 9.50. The van der Waals surface area contributed by atoms with E-state index in [1.807, 2.05) is 19.1 Å². The number of imide groups is 1. The van der Waals surface area contributed by atoms with Gasteiger partial charge >= 0.3 is 6.03 Å². The Hall–Kier alpha value is -2.37. The van der Waals surface area contributed by atoms with Crippen LogP contribution in [0.1, 0.15) is 25.8 Å². The molecule has 0 aromatic heterocycles. The molecule has 1 atom stereocenters. The van der Waals surface area contributed by atoms with Crippen molar-refractivity contribution in [2.75, 3.05) is 7.11 Å². The van der Waals surface area contributed by atoms with Crippen molar-refractivity contribution in [2.24, 2.45) is 5.10 Å². The number of hydrogen-bond acceptors (Lipinski definition) is 4. The van der Waals surface area contributed by atoms with Gasteiger partial charge in [0.15, 0.2) is 0 Å². The summed E-state index contributed by atoms with van der Waals surface area (Å²) in [7, 11) is 1.57. The first kappa shape index (κ1) is 14.0. The molecule has 0 aliphatic carbocycles. The molecule has 6 heteroatoms. The van der Waals surface area contributed by atoms with Crippen LogP contribution in [0.2, 0.25) is 0 Å². The third-order valence-electron chi connectivity index (χ3n) is 3.36. The van der Waals surface area contributed by atoms with E-state index >= 15 is 0 Å². The summed E-state index contributed by atoms with van der Waals surface area (Å²) in [5, 5.41) is 7.47. The highest BCUT2D eigenvalue weighted by atomic mass is 16.5. The third-order valence-corrected chi connectivity index (χ3v) is 3.36. The molecule has 1 saturated heterocycles. The maximum absolute atomic E-state index is 12.1. The normalized spacial score (nSPS) is 22.4. The number of carbonyl (C=O) groups is 2. The van der Waals surface area contributed by atoms with Gasteiger partial charge in [0, 0.05) is 0 Å². The van der Waals surface area contributed by atoms with E-state index in [0.717, 1.165) is 10.6 Å². The number of hydrazone groups is 1. The van der Waals surface area contributed by atoms with Crippen molar-refractivity contribution in [1.82, 2.24) is 10.3 Å². The van der Waals surface area contributed by atoms with E-state index in [1.54, 1.807) is 26.2 Å². The highest BCUT2D eigenvalue weighted by Gasteiger charge is 2.46. The summed E-state index contributed by atoms with van der Waals surface area (Å²) in [6.45, 7) is 3.53. The predicted molar refractivity (Wildman–Crippen MR) is 74.7 cm³/mol. The van der Waals surface area contributed by atoms with Crippen LogP contribution >= 0.6 is 0 Å². The van der Waals surface area contributed by atoms with E-state index in [4.69, 9.17) is 4.74 Å². The number of nitrogens with one attached hydrogen (secondary N) is 1. The number of amides is 3. The first-order valence-corrected chi connectivity index (χ1v) is 6.35. The van der Waals surface area contributed by atoms with Gasteiger partial charge in [0.1, 0.15) is 11.3 Å². The van der Waals surface area contributed by atoms with Gasteiger partial charge in [-0.3, -0.25) is 4.79 Å². The zero-order valence-electron chi connectivity index (χ0n) is 11.7. The van der Waals surface area contributed by atoms with Crippen LogP contribution in [0, 0.1) is 0 Å². The van der Waals surface area contributed by atoms with Gasteiger partial charge in [0.05, 0.1) is 13.3 Å². The van der Waals surface area contributed by atoms with Crippen LogP contribution in [-0.2, 0) is 4.79 Å². The lowest BCUT2D eigenvalue weighted by molar-refractivity contribution is -0.130. The second-order valence-corrected chi connectivity index (χ2v) is 4.75. The molecule has 0 saturated carbocycles. The van der Waals surface area contributed by atoms with Crippen molar-refractivity contribution in [1.29, 1.82) is 0 Å². The van der Waals surface area contributed by atoms with Crippen LogP contribution in [0.3, 0.4) is 0 Å². The molecule has 6 nitrogen and oxygen atoms in total. The molecule has 1 N–H and O–H groups in total. The Labute approximate surface area is 117 Å². The maximum Gasteiger partial charge on any atom is 0.346 e. The molecule has 2 rings (SSSR count). The van der Waals surface area contributed by atoms with Gasteiger partial charge in [0.2, 0.25) is 0 Å². The van der Waals surface area contributed by atoms with Crippen molar-refractivity contribution >= 4 is 18.2 Å². The van der Waals surface area contributed by atoms with Crippen LogP contribution in [0.5, 0.6) is 5.75 Å². The average molecular weight is 275 g/mol. The van der Waals surface area contributed by atoms with Gasteiger partial charge in [-0.2, -0.15) is 5.10 Å². The minimum Gasteiger partial charge on any atom is -0.497 e. The summed E-state index contributed by atoms with van der Waals surface area (Å²) < 4.78 is 5.10. The average Bonchev–Trinajstić information content (AvgIpc) is 2.68. The number of nitrogens with zero attached hydrogens (tertiary/aromatic N) is 2. The number of carbonyl (C=O) groups excluding carboxylic acids is 2. The fraction of sp³-hybridized carbons (Fsp3) is 0.357. The molecule has 0 spiro atoms. The molecule has 3 amide bonds. The smallest absolute Gasteiger partial charge is 0.346 e. The second-order valence-electron chi connectivity index (χ2n) is 4.75. The maximum atomic E-state index is 12.1.